The third kappa shape index (κ3) is 4.93. The summed E-state index contributed by atoms with van der Waals surface area (Å²) in [7, 11) is 0. The molecule has 1 N–H and O–H groups in total. The van der Waals surface area contributed by atoms with E-state index in [4.69, 9.17) is 0 Å². The molecule has 1 aromatic heterocycles. The Hall–Kier alpha value is -2.18. The van der Waals surface area contributed by atoms with Crippen molar-refractivity contribution in [1.29, 1.82) is 0 Å². The predicted octanol–water partition coefficient (Wildman–Crippen LogP) is 2.06. The van der Waals surface area contributed by atoms with Gasteiger partial charge in [-0.05, 0) is 38.0 Å². The Kier molecular flexibility index (Phi) is 6.06. The first-order valence-corrected chi connectivity index (χ1v) is 9.31. The van der Waals surface area contributed by atoms with Gasteiger partial charge >= 0.3 is 0 Å². The zero-order chi connectivity index (χ0) is 18.5. The molecule has 0 radical (unpaired) electrons. The Bertz CT molecular complexity index is 746. The molecular formula is C20H29N5O. The van der Waals surface area contributed by atoms with Gasteiger partial charge < -0.3 is 9.88 Å². The maximum absolute atomic E-state index is 12.4. The number of rotatable bonds is 6. The molecule has 1 fully saturated rings. The van der Waals surface area contributed by atoms with E-state index in [0.717, 1.165) is 61.9 Å². The first kappa shape index (κ1) is 18.6. The van der Waals surface area contributed by atoms with Crippen molar-refractivity contribution < 1.29 is 4.79 Å². The summed E-state index contributed by atoms with van der Waals surface area (Å²) in [6, 6.07) is 6.14. The molecule has 6 nitrogen and oxygen atoms in total. The number of benzene rings is 1. The van der Waals surface area contributed by atoms with Gasteiger partial charge in [-0.3, -0.25) is 14.6 Å². The maximum Gasteiger partial charge on any atom is 0.238 e. The number of piperazine rings is 1. The summed E-state index contributed by atoms with van der Waals surface area (Å²) in [5, 5.41) is 3.05. The fourth-order valence-electron chi connectivity index (χ4n) is 3.32. The number of nitrogens with one attached hydrogen (secondary N) is 1. The predicted molar refractivity (Wildman–Crippen MR) is 104 cm³/mol. The topological polar surface area (TPSA) is 53.4 Å². The van der Waals surface area contributed by atoms with Crippen LogP contribution in [0, 0.1) is 20.8 Å². The lowest BCUT2D eigenvalue weighted by Crippen LogP contribution is -2.49. The van der Waals surface area contributed by atoms with Crippen molar-refractivity contribution in [2.45, 2.75) is 27.3 Å². The lowest BCUT2D eigenvalue weighted by atomic mass is 10.1. The monoisotopic (exact) mass is 355 g/mol. The quantitative estimate of drug-likeness (QED) is 0.862. The number of hydrogen-bond acceptors (Lipinski definition) is 4. The Morgan fingerprint density at radius 1 is 1.08 bits per heavy atom. The van der Waals surface area contributed by atoms with E-state index in [2.05, 4.69) is 30.7 Å². The summed E-state index contributed by atoms with van der Waals surface area (Å²) in [5.74, 6) is 1.13. The number of carbonyl (C=O) groups excluding carboxylic acids is 1. The lowest BCUT2D eigenvalue weighted by Gasteiger charge is -2.34. The summed E-state index contributed by atoms with van der Waals surface area (Å²) in [6.07, 6.45) is 3.88. The van der Waals surface area contributed by atoms with Gasteiger partial charge in [0.05, 0.1) is 6.54 Å². The van der Waals surface area contributed by atoms with E-state index in [1.54, 1.807) is 0 Å². The third-order valence-corrected chi connectivity index (χ3v) is 5.08. The van der Waals surface area contributed by atoms with E-state index in [9.17, 15) is 4.79 Å². The van der Waals surface area contributed by atoms with E-state index in [1.807, 2.05) is 45.3 Å². The Balaban J connectivity index is 1.41. The minimum absolute atomic E-state index is 0.0705. The zero-order valence-corrected chi connectivity index (χ0v) is 16.0. The second-order valence-electron chi connectivity index (χ2n) is 7.15. The Morgan fingerprint density at radius 2 is 1.81 bits per heavy atom. The highest BCUT2D eigenvalue weighted by Crippen LogP contribution is 2.16. The molecular weight excluding hydrogens is 326 g/mol. The fourth-order valence-corrected chi connectivity index (χ4v) is 3.32. The van der Waals surface area contributed by atoms with Gasteiger partial charge in [-0.25, -0.2) is 4.98 Å². The molecule has 1 saturated heterocycles. The molecule has 140 valence electrons. The van der Waals surface area contributed by atoms with Crippen molar-refractivity contribution in [3.8, 4) is 0 Å². The van der Waals surface area contributed by atoms with Crippen molar-refractivity contribution in [2.75, 3.05) is 44.6 Å². The van der Waals surface area contributed by atoms with Crippen LogP contribution in [0.15, 0.2) is 30.6 Å². The molecule has 2 aromatic rings. The number of imidazole rings is 1. The maximum atomic E-state index is 12.4. The van der Waals surface area contributed by atoms with Crippen molar-refractivity contribution in [2.24, 2.45) is 0 Å². The minimum Gasteiger partial charge on any atom is -0.334 e. The Morgan fingerprint density at radius 3 is 2.50 bits per heavy atom. The Labute approximate surface area is 155 Å². The SMILES string of the molecule is Cc1ccc(C)c(NC(=O)CN2CCN(CCn3ccnc3C)CC2)c1. The summed E-state index contributed by atoms with van der Waals surface area (Å²) in [5.41, 5.74) is 3.18. The van der Waals surface area contributed by atoms with E-state index in [1.165, 1.54) is 0 Å². The summed E-state index contributed by atoms with van der Waals surface area (Å²) in [6.45, 7) is 12.4. The molecule has 2 heterocycles. The summed E-state index contributed by atoms with van der Waals surface area (Å²) in [4.78, 5) is 21.3. The molecule has 6 heteroatoms. The van der Waals surface area contributed by atoms with Gasteiger partial charge in [0.2, 0.25) is 5.91 Å². The highest BCUT2D eigenvalue weighted by atomic mass is 16.2. The molecule has 3 rings (SSSR count). The normalized spacial score (nSPS) is 16.0. The van der Waals surface area contributed by atoms with Crippen LogP contribution in [0.2, 0.25) is 0 Å². The van der Waals surface area contributed by atoms with Gasteiger partial charge in [-0.15, -0.1) is 0 Å². The molecule has 1 aliphatic heterocycles. The zero-order valence-electron chi connectivity index (χ0n) is 16.0. The van der Waals surface area contributed by atoms with Crippen LogP contribution < -0.4 is 5.32 Å². The lowest BCUT2D eigenvalue weighted by molar-refractivity contribution is -0.117. The largest absolute Gasteiger partial charge is 0.334 e. The molecule has 0 atom stereocenters. The van der Waals surface area contributed by atoms with Gasteiger partial charge in [-0.1, -0.05) is 12.1 Å². The molecule has 0 unspecified atom stereocenters. The molecule has 26 heavy (non-hydrogen) atoms. The average Bonchev–Trinajstić information content (AvgIpc) is 3.02. The van der Waals surface area contributed by atoms with Crippen LogP contribution in [0.3, 0.4) is 0 Å². The standard InChI is InChI=1S/C20H29N5O/c1-16-4-5-17(2)19(14-16)22-20(26)15-24-10-8-23(9-11-24)12-13-25-7-6-21-18(25)3/h4-7,14H,8-13,15H2,1-3H3,(H,22,26). The van der Waals surface area contributed by atoms with Gasteiger partial charge in [-0.2, -0.15) is 0 Å². The smallest absolute Gasteiger partial charge is 0.238 e. The van der Waals surface area contributed by atoms with Crippen LogP contribution in [-0.2, 0) is 11.3 Å². The molecule has 0 spiro atoms. The molecule has 1 aromatic carbocycles. The molecule has 0 bridgehead atoms. The number of amides is 1. The molecule has 1 aliphatic rings. The number of anilines is 1. The molecule has 1 amide bonds. The van der Waals surface area contributed by atoms with Crippen LogP contribution in [0.1, 0.15) is 17.0 Å². The van der Waals surface area contributed by atoms with Gasteiger partial charge in [0.15, 0.2) is 0 Å². The molecule has 0 saturated carbocycles. The second kappa shape index (κ2) is 8.47. The van der Waals surface area contributed by atoms with E-state index >= 15 is 0 Å². The van der Waals surface area contributed by atoms with Crippen molar-refractivity contribution >= 4 is 11.6 Å². The number of hydrogen-bond donors (Lipinski definition) is 1. The van der Waals surface area contributed by atoms with Crippen LogP contribution in [0.4, 0.5) is 5.69 Å². The van der Waals surface area contributed by atoms with Crippen molar-refractivity contribution in [3.05, 3.63) is 47.5 Å². The molecule has 0 aliphatic carbocycles. The number of nitrogens with zero attached hydrogens (tertiary/aromatic N) is 4. The van der Waals surface area contributed by atoms with Crippen LogP contribution in [0.25, 0.3) is 0 Å². The second-order valence-corrected chi connectivity index (χ2v) is 7.15. The summed E-state index contributed by atoms with van der Waals surface area (Å²) < 4.78 is 2.18. The van der Waals surface area contributed by atoms with E-state index < -0.39 is 0 Å². The van der Waals surface area contributed by atoms with Crippen LogP contribution in [0.5, 0.6) is 0 Å². The number of carbonyl (C=O) groups is 1. The number of aromatic nitrogens is 2. The fraction of sp³-hybridized carbons (Fsp3) is 0.500. The van der Waals surface area contributed by atoms with Crippen molar-refractivity contribution in [3.63, 3.8) is 0 Å². The number of aryl methyl sites for hydroxylation is 3. The van der Waals surface area contributed by atoms with Crippen LogP contribution in [-0.4, -0.2) is 64.5 Å². The average molecular weight is 355 g/mol. The highest BCUT2D eigenvalue weighted by Gasteiger charge is 2.19. The third-order valence-electron chi connectivity index (χ3n) is 5.08. The van der Waals surface area contributed by atoms with E-state index in [-0.39, 0.29) is 5.91 Å². The summed E-state index contributed by atoms with van der Waals surface area (Å²) >= 11 is 0. The first-order valence-electron chi connectivity index (χ1n) is 9.31. The van der Waals surface area contributed by atoms with E-state index in [0.29, 0.717) is 6.54 Å². The first-order chi connectivity index (χ1) is 12.5. The van der Waals surface area contributed by atoms with Gasteiger partial charge in [0.1, 0.15) is 5.82 Å². The minimum atomic E-state index is 0.0705. The van der Waals surface area contributed by atoms with Gasteiger partial charge in [0, 0.05) is 57.3 Å². The van der Waals surface area contributed by atoms with Crippen molar-refractivity contribution in [1.82, 2.24) is 19.4 Å². The highest BCUT2D eigenvalue weighted by molar-refractivity contribution is 5.93. The van der Waals surface area contributed by atoms with Crippen LogP contribution >= 0.6 is 0 Å². The van der Waals surface area contributed by atoms with Gasteiger partial charge in [0.25, 0.3) is 0 Å².